The molecule has 0 aromatic rings. The Kier molecular flexibility index (Phi) is 4.81. The topological polar surface area (TPSA) is 82.6 Å². The lowest BCUT2D eigenvalue weighted by Crippen LogP contribution is -2.56. The standard InChI is InChI=1S/C11H20F3N3O2/c1-10(2)6-17(3-7(5-18)19-10)4-8(9(15)16)11(12,13)14/h7-8,18H,3-6H2,1-2H3,(H3,15,16). The maximum Gasteiger partial charge on any atom is 0.399 e. The number of halogens is 3. The molecule has 2 unspecified atom stereocenters. The van der Waals surface area contributed by atoms with Crippen LogP contribution in [0.1, 0.15) is 13.8 Å². The molecule has 19 heavy (non-hydrogen) atoms. The fraction of sp³-hybridized carbons (Fsp3) is 0.909. The average Bonchev–Trinajstić information content (AvgIpc) is 2.21. The van der Waals surface area contributed by atoms with Crippen LogP contribution in [0, 0.1) is 11.3 Å². The quantitative estimate of drug-likeness (QED) is 0.520. The van der Waals surface area contributed by atoms with Crippen molar-refractivity contribution < 1.29 is 23.0 Å². The van der Waals surface area contributed by atoms with Crippen LogP contribution >= 0.6 is 0 Å². The molecule has 1 fully saturated rings. The van der Waals surface area contributed by atoms with E-state index in [0.29, 0.717) is 6.54 Å². The maximum absolute atomic E-state index is 12.8. The number of hydrogen-bond donors (Lipinski definition) is 3. The third-order valence-corrected chi connectivity index (χ3v) is 2.97. The molecule has 1 heterocycles. The summed E-state index contributed by atoms with van der Waals surface area (Å²) < 4.78 is 43.8. The molecule has 0 bridgehead atoms. The smallest absolute Gasteiger partial charge is 0.394 e. The van der Waals surface area contributed by atoms with E-state index >= 15 is 0 Å². The van der Waals surface area contributed by atoms with E-state index in [1.54, 1.807) is 13.8 Å². The van der Waals surface area contributed by atoms with Crippen LogP contribution < -0.4 is 5.73 Å². The fourth-order valence-electron chi connectivity index (χ4n) is 2.29. The molecule has 1 aliphatic heterocycles. The van der Waals surface area contributed by atoms with Crippen molar-refractivity contribution in [1.82, 2.24) is 4.90 Å². The molecular formula is C11H20F3N3O2. The van der Waals surface area contributed by atoms with E-state index in [2.05, 4.69) is 0 Å². The average molecular weight is 283 g/mol. The van der Waals surface area contributed by atoms with Gasteiger partial charge >= 0.3 is 6.18 Å². The van der Waals surface area contributed by atoms with Crippen molar-refractivity contribution in [2.45, 2.75) is 31.7 Å². The second-order valence-corrected chi connectivity index (χ2v) is 5.43. The van der Waals surface area contributed by atoms with Crippen LogP contribution in [0.2, 0.25) is 0 Å². The summed E-state index contributed by atoms with van der Waals surface area (Å²) in [5, 5.41) is 16.2. The summed E-state index contributed by atoms with van der Waals surface area (Å²) in [5.74, 6) is -2.88. The first-order valence-corrected chi connectivity index (χ1v) is 5.97. The van der Waals surface area contributed by atoms with Gasteiger partial charge in [0, 0.05) is 19.6 Å². The Morgan fingerprint density at radius 2 is 2.16 bits per heavy atom. The Morgan fingerprint density at radius 3 is 2.58 bits per heavy atom. The fourth-order valence-corrected chi connectivity index (χ4v) is 2.29. The van der Waals surface area contributed by atoms with Crippen LogP contribution in [0.25, 0.3) is 0 Å². The Balaban J connectivity index is 2.76. The molecule has 1 rings (SSSR count). The van der Waals surface area contributed by atoms with E-state index in [1.165, 1.54) is 4.90 Å². The van der Waals surface area contributed by atoms with Crippen LogP contribution in [-0.2, 0) is 4.74 Å². The minimum absolute atomic E-state index is 0.194. The molecule has 0 saturated carbocycles. The van der Waals surface area contributed by atoms with Crippen LogP contribution in [0.5, 0.6) is 0 Å². The summed E-state index contributed by atoms with van der Waals surface area (Å²) in [7, 11) is 0. The summed E-state index contributed by atoms with van der Waals surface area (Å²) in [5.41, 5.74) is 4.39. The molecule has 5 nitrogen and oxygen atoms in total. The van der Waals surface area contributed by atoms with Crippen molar-refractivity contribution in [2.24, 2.45) is 11.7 Å². The summed E-state index contributed by atoms with van der Waals surface area (Å²) in [6, 6.07) is 0. The lowest BCUT2D eigenvalue weighted by Gasteiger charge is -2.43. The molecular weight excluding hydrogens is 263 g/mol. The number of rotatable bonds is 4. The highest BCUT2D eigenvalue weighted by molar-refractivity contribution is 5.80. The number of amidine groups is 1. The first-order valence-electron chi connectivity index (χ1n) is 5.97. The molecule has 112 valence electrons. The van der Waals surface area contributed by atoms with Gasteiger partial charge in [0.15, 0.2) is 0 Å². The van der Waals surface area contributed by atoms with E-state index in [4.69, 9.17) is 21.0 Å². The van der Waals surface area contributed by atoms with Crippen molar-refractivity contribution in [3.63, 3.8) is 0 Å². The Bertz CT molecular complexity index is 334. The first-order chi connectivity index (χ1) is 8.55. The van der Waals surface area contributed by atoms with Crippen LogP contribution in [0.4, 0.5) is 13.2 Å². The van der Waals surface area contributed by atoms with Crippen molar-refractivity contribution in [2.75, 3.05) is 26.2 Å². The molecule has 1 saturated heterocycles. The number of nitrogens with zero attached hydrogens (tertiary/aromatic N) is 1. The van der Waals surface area contributed by atoms with Gasteiger partial charge in [0.1, 0.15) is 11.8 Å². The zero-order valence-electron chi connectivity index (χ0n) is 11.0. The summed E-state index contributed by atoms with van der Waals surface area (Å²) in [6.45, 7) is 3.35. The second kappa shape index (κ2) is 5.64. The van der Waals surface area contributed by atoms with Gasteiger partial charge < -0.3 is 15.6 Å². The number of nitrogens with one attached hydrogen (secondary N) is 1. The highest BCUT2D eigenvalue weighted by Crippen LogP contribution is 2.29. The molecule has 0 radical (unpaired) electrons. The lowest BCUT2D eigenvalue weighted by atomic mass is 10.0. The molecule has 2 atom stereocenters. The molecule has 0 amide bonds. The number of morpholine rings is 1. The third kappa shape index (κ3) is 4.63. The second-order valence-electron chi connectivity index (χ2n) is 5.43. The van der Waals surface area contributed by atoms with E-state index in [9.17, 15) is 13.2 Å². The van der Waals surface area contributed by atoms with E-state index in [-0.39, 0.29) is 19.7 Å². The van der Waals surface area contributed by atoms with E-state index < -0.39 is 29.6 Å². The van der Waals surface area contributed by atoms with Crippen molar-refractivity contribution in [3.8, 4) is 0 Å². The monoisotopic (exact) mass is 283 g/mol. The van der Waals surface area contributed by atoms with Crippen molar-refractivity contribution in [1.29, 1.82) is 5.41 Å². The predicted octanol–water partition coefficient (Wildman–Crippen LogP) is 0.573. The number of aliphatic hydroxyl groups excluding tert-OH is 1. The van der Waals surface area contributed by atoms with Crippen LogP contribution in [0.15, 0.2) is 0 Å². The normalized spacial score (nSPS) is 26.1. The van der Waals surface area contributed by atoms with Crippen LogP contribution in [-0.4, -0.2) is 60.0 Å². The number of ether oxygens (including phenoxy) is 1. The van der Waals surface area contributed by atoms with E-state index in [1.807, 2.05) is 0 Å². The van der Waals surface area contributed by atoms with Crippen molar-refractivity contribution in [3.05, 3.63) is 0 Å². The van der Waals surface area contributed by atoms with Gasteiger partial charge in [-0.15, -0.1) is 0 Å². The highest BCUT2D eigenvalue weighted by Gasteiger charge is 2.44. The Hall–Kier alpha value is -0.860. The molecule has 0 aromatic carbocycles. The molecule has 4 N–H and O–H groups in total. The Labute approximate surface area is 110 Å². The Morgan fingerprint density at radius 1 is 1.58 bits per heavy atom. The zero-order valence-corrected chi connectivity index (χ0v) is 11.0. The van der Waals surface area contributed by atoms with Gasteiger partial charge in [0.05, 0.1) is 18.3 Å². The predicted molar refractivity (Wildman–Crippen MR) is 63.9 cm³/mol. The number of alkyl halides is 3. The maximum atomic E-state index is 12.8. The molecule has 1 aliphatic rings. The van der Waals surface area contributed by atoms with Gasteiger partial charge in [-0.25, -0.2) is 0 Å². The highest BCUT2D eigenvalue weighted by atomic mass is 19.4. The van der Waals surface area contributed by atoms with Gasteiger partial charge in [-0.2, -0.15) is 13.2 Å². The summed E-state index contributed by atoms with van der Waals surface area (Å²) in [4.78, 5) is 1.53. The number of hydrogen-bond acceptors (Lipinski definition) is 4. The van der Waals surface area contributed by atoms with Gasteiger partial charge in [-0.3, -0.25) is 10.3 Å². The first kappa shape index (κ1) is 16.2. The minimum Gasteiger partial charge on any atom is -0.394 e. The summed E-state index contributed by atoms with van der Waals surface area (Å²) in [6.07, 6.45) is -5.06. The summed E-state index contributed by atoms with van der Waals surface area (Å²) >= 11 is 0. The van der Waals surface area contributed by atoms with Gasteiger partial charge in [-0.1, -0.05) is 0 Å². The largest absolute Gasteiger partial charge is 0.399 e. The third-order valence-electron chi connectivity index (χ3n) is 2.97. The van der Waals surface area contributed by atoms with Crippen molar-refractivity contribution >= 4 is 5.84 Å². The number of aliphatic hydroxyl groups is 1. The zero-order chi connectivity index (χ0) is 14.8. The van der Waals surface area contributed by atoms with Gasteiger partial charge in [-0.05, 0) is 13.8 Å². The number of nitrogens with two attached hydrogens (primary N) is 1. The van der Waals surface area contributed by atoms with Crippen LogP contribution in [0.3, 0.4) is 0 Å². The van der Waals surface area contributed by atoms with Gasteiger partial charge in [0.2, 0.25) is 0 Å². The SMILES string of the molecule is CC1(C)CN(CC(C(=N)N)C(F)(F)F)CC(CO)O1. The molecule has 0 aliphatic carbocycles. The molecule has 0 spiro atoms. The van der Waals surface area contributed by atoms with E-state index in [0.717, 1.165) is 0 Å². The molecule has 0 aromatic heterocycles. The lowest BCUT2D eigenvalue weighted by molar-refractivity contribution is -0.180. The van der Waals surface area contributed by atoms with Gasteiger partial charge in [0.25, 0.3) is 0 Å². The molecule has 8 heteroatoms. The minimum atomic E-state index is -4.54.